The SMILES string of the molecule is CC1(C(=O)NC(CN)C2CCCCC2)CCCC1.Cl. The molecule has 2 fully saturated rings. The lowest BCUT2D eigenvalue weighted by atomic mass is 9.82. The predicted octanol–water partition coefficient (Wildman–Crippen LogP) is 3.01. The highest BCUT2D eigenvalue weighted by atomic mass is 35.5. The van der Waals surface area contributed by atoms with E-state index in [0.29, 0.717) is 12.5 Å². The van der Waals surface area contributed by atoms with Crippen LogP contribution < -0.4 is 11.1 Å². The van der Waals surface area contributed by atoms with Gasteiger partial charge in [-0.2, -0.15) is 0 Å². The third kappa shape index (κ3) is 4.09. The molecule has 0 bridgehead atoms. The van der Waals surface area contributed by atoms with Gasteiger partial charge in [0.1, 0.15) is 0 Å². The highest BCUT2D eigenvalue weighted by Gasteiger charge is 2.37. The zero-order valence-electron chi connectivity index (χ0n) is 12.1. The first-order valence-corrected chi connectivity index (χ1v) is 7.67. The van der Waals surface area contributed by atoms with Crippen LogP contribution in [0.3, 0.4) is 0 Å². The van der Waals surface area contributed by atoms with Gasteiger partial charge in [0.2, 0.25) is 5.91 Å². The summed E-state index contributed by atoms with van der Waals surface area (Å²) < 4.78 is 0. The summed E-state index contributed by atoms with van der Waals surface area (Å²) in [6.07, 6.45) is 10.9. The third-order valence-corrected chi connectivity index (χ3v) is 5.04. The molecule has 0 spiro atoms. The molecule has 2 saturated carbocycles. The quantitative estimate of drug-likeness (QED) is 0.835. The van der Waals surface area contributed by atoms with Crippen LogP contribution in [0.2, 0.25) is 0 Å². The predicted molar refractivity (Wildman–Crippen MR) is 81.4 cm³/mol. The summed E-state index contributed by atoms with van der Waals surface area (Å²) >= 11 is 0. The van der Waals surface area contributed by atoms with Crippen molar-refractivity contribution in [3.63, 3.8) is 0 Å². The standard InChI is InChI=1S/C15H28N2O.ClH/c1-15(9-5-6-10-15)14(18)17-13(11-16)12-7-3-2-4-8-12;/h12-13H,2-11,16H2,1H3,(H,17,18);1H. The molecule has 0 saturated heterocycles. The first kappa shape index (κ1) is 16.8. The number of amides is 1. The smallest absolute Gasteiger partial charge is 0.226 e. The molecule has 0 aromatic heterocycles. The zero-order valence-corrected chi connectivity index (χ0v) is 12.9. The number of nitrogens with one attached hydrogen (secondary N) is 1. The van der Waals surface area contributed by atoms with Gasteiger partial charge in [-0.05, 0) is 31.6 Å². The van der Waals surface area contributed by atoms with Crippen LogP contribution >= 0.6 is 12.4 Å². The summed E-state index contributed by atoms with van der Waals surface area (Å²) in [6.45, 7) is 2.70. The van der Waals surface area contributed by atoms with Gasteiger partial charge in [-0.1, -0.05) is 39.0 Å². The number of nitrogens with two attached hydrogens (primary N) is 1. The number of carbonyl (C=O) groups excluding carboxylic acids is 1. The summed E-state index contributed by atoms with van der Waals surface area (Å²) in [5.41, 5.74) is 5.76. The van der Waals surface area contributed by atoms with E-state index in [0.717, 1.165) is 12.8 Å². The molecule has 2 aliphatic rings. The second-order valence-corrected chi connectivity index (χ2v) is 6.48. The van der Waals surface area contributed by atoms with Crippen LogP contribution in [0.1, 0.15) is 64.7 Å². The minimum Gasteiger partial charge on any atom is -0.351 e. The highest BCUT2D eigenvalue weighted by Crippen LogP contribution is 2.38. The minimum absolute atomic E-state index is 0. The van der Waals surface area contributed by atoms with Gasteiger partial charge >= 0.3 is 0 Å². The molecule has 0 aromatic rings. The van der Waals surface area contributed by atoms with Crippen LogP contribution in [0.4, 0.5) is 0 Å². The topological polar surface area (TPSA) is 55.1 Å². The summed E-state index contributed by atoms with van der Waals surface area (Å²) in [5, 5.41) is 3.25. The van der Waals surface area contributed by atoms with Crippen molar-refractivity contribution in [2.75, 3.05) is 6.54 Å². The normalized spacial score (nSPS) is 24.5. The first-order valence-electron chi connectivity index (χ1n) is 7.67. The van der Waals surface area contributed by atoms with Crippen LogP contribution in [0.25, 0.3) is 0 Å². The molecular formula is C15H29ClN2O. The van der Waals surface area contributed by atoms with Crippen molar-refractivity contribution in [3.05, 3.63) is 0 Å². The maximum Gasteiger partial charge on any atom is 0.226 e. The number of hydrogen-bond donors (Lipinski definition) is 2. The van der Waals surface area contributed by atoms with E-state index in [1.165, 1.54) is 44.9 Å². The molecule has 1 atom stereocenters. The number of halogens is 1. The van der Waals surface area contributed by atoms with Gasteiger partial charge in [-0.3, -0.25) is 4.79 Å². The Bertz CT molecular complexity index is 284. The maximum atomic E-state index is 12.4. The van der Waals surface area contributed by atoms with E-state index in [2.05, 4.69) is 12.2 Å². The lowest BCUT2D eigenvalue weighted by Gasteiger charge is -2.33. The molecule has 2 rings (SSSR count). The van der Waals surface area contributed by atoms with Crippen molar-refractivity contribution in [2.24, 2.45) is 17.1 Å². The fraction of sp³-hybridized carbons (Fsp3) is 0.933. The van der Waals surface area contributed by atoms with Crippen molar-refractivity contribution < 1.29 is 4.79 Å². The van der Waals surface area contributed by atoms with E-state index in [9.17, 15) is 4.79 Å². The van der Waals surface area contributed by atoms with E-state index in [1.807, 2.05) is 0 Å². The average molecular weight is 289 g/mol. The average Bonchev–Trinajstić information content (AvgIpc) is 2.85. The number of hydrogen-bond acceptors (Lipinski definition) is 2. The summed E-state index contributed by atoms with van der Waals surface area (Å²) in [4.78, 5) is 12.4. The van der Waals surface area contributed by atoms with Gasteiger partial charge in [-0.25, -0.2) is 0 Å². The van der Waals surface area contributed by atoms with Crippen molar-refractivity contribution in [3.8, 4) is 0 Å². The second kappa shape index (κ2) is 7.49. The van der Waals surface area contributed by atoms with Crippen molar-refractivity contribution >= 4 is 18.3 Å². The molecule has 3 N–H and O–H groups in total. The molecule has 0 heterocycles. The summed E-state index contributed by atoms with van der Waals surface area (Å²) in [7, 11) is 0. The Hall–Kier alpha value is -0.280. The largest absolute Gasteiger partial charge is 0.351 e. The Kier molecular flexibility index (Phi) is 6.61. The van der Waals surface area contributed by atoms with Gasteiger partial charge in [0.25, 0.3) is 0 Å². The first-order chi connectivity index (χ1) is 8.65. The molecule has 0 radical (unpaired) electrons. The second-order valence-electron chi connectivity index (χ2n) is 6.48. The summed E-state index contributed by atoms with van der Waals surface area (Å²) in [6, 6.07) is 0.204. The van der Waals surface area contributed by atoms with Gasteiger partial charge in [0.05, 0.1) is 0 Å². The molecule has 3 nitrogen and oxygen atoms in total. The Balaban J connectivity index is 0.00000180. The molecule has 0 aromatic carbocycles. The van der Waals surface area contributed by atoms with Crippen LogP contribution in [-0.4, -0.2) is 18.5 Å². The number of carbonyl (C=O) groups is 1. The molecule has 112 valence electrons. The van der Waals surface area contributed by atoms with E-state index < -0.39 is 0 Å². The molecule has 19 heavy (non-hydrogen) atoms. The van der Waals surface area contributed by atoms with Gasteiger partial charge in [-0.15, -0.1) is 12.4 Å². The highest BCUT2D eigenvalue weighted by molar-refractivity contribution is 5.85. The van der Waals surface area contributed by atoms with Crippen LogP contribution in [0, 0.1) is 11.3 Å². The van der Waals surface area contributed by atoms with Crippen LogP contribution in [-0.2, 0) is 4.79 Å². The van der Waals surface area contributed by atoms with E-state index >= 15 is 0 Å². The maximum absolute atomic E-state index is 12.4. The fourth-order valence-electron chi connectivity index (χ4n) is 3.63. The number of rotatable bonds is 4. The molecule has 1 unspecified atom stereocenters. The Morgan fingerprint density at radius 3 is 2.32 bits per heavy atom. The summed E-state index contributed by atoms with van der Waals surface area (Å²) in [5.74, 6) is 0.860. The molecule has 4 heteroatoms. The lowest BCUT2D eigenvalue weighted by molar-refractivity contribution is -0.131. The van der Waals surface area contributed by atoms with Crippen molar-refractivity contribution in [1.29, 1.82) is 0 Å². The van der Waals surface area contributed by atoms with Crippen molar-refractivity contribution in [1.82, 2.24) is 5.32 Å². The Labute approximate surface area is 123 Å². The lowest BCUT2D eigenvalue weighted by Crippen LogP contribution is -2.50. The van der Waals surface area contributed by atoms with Crippen molar-refractivity contribution in [2.45, 2.75) is 70.8 Å². The Morgan fingerprint density at radius 1 is 1.21 bits per heavy atom. The van der Waals surface area contributed by atoms with Crippen LogP contribution in [0.15, 0.2) is 0 Å². The molecule has 2 aliphatic carbocycles. The van der Waals surface area contributed by atoms with E-state index in [4.69, 9.17) is 5.73 Å². The third-order valence-electron chi connectivity index (χ3n) is 5.04. The Morgan fingerprint density at radius 2 is 1.79 bits per heavy atom. The van der Waals surface area contributed by atoms with Gasteiger partial charge in [0, 0.05) is 18.0 Å². The molecular weight excluding hydrogens is 260 g/mol. The molecule has 0 aliphatic heterocycles. The zero-order chi connectivity index (χ0) is 13.0. The van der Waals surface area contributed by atoms with E-state index in [-0.39, 0.29) is 29.8 Å². The monoisotopic (exact) mass is 288 g/mol. The van der Waals surface area contributed by atoms with Crippen LogP contribution in [0.5, 0.6) is 0 Å². The molecule has 1 amide bonds. The van der Waals surface area contributed by atoms with Gasteiger partial charge < -0.3 is 11.1 Å². The van der Waals surface area contributed by atoms with Gasteiger partial charge in [0.15, 0.2) is 0 Å². The minimum atomic E-state index is -0.123. The van der Waals surface area contributed by atoms with E-state index in [1.54, 1.807) is 0 Å². The fourth-order valence-corrected chi connectivity index (χ4v) is 3.63.